The number of hydrogen-bond donors (Lipinski definition) is 0. The first-order valence-electron chi connectivity index (χ1n) is 3.46. The second kappa shape index (κ2) is 3.54. The fraction of sp³-hybridized carbons (Fsp3) is 0.667. The number of ether oxygens (including phenoxy) is 1. The molecular weight excluding hydrogens is 140 g/mol. The Bertz CT molecular complexity index is 181. The van der Waals surface area contributed by atoms with Crippen LogP contribution in [-0.2, 0) is 9.53 Å². The van der Waals surface area contributed by atoms with E-state index >= 15 is 0 Å². The number of hydrogen-bond acceptors (Lipinski definition) is 2. The highest BCUT2D eigenvalue weighted by molar-refractivity contribution is 5.98. The molecule has 0 N–H and O–H groups in total. The van der Waals surface area contributed by atoms with Crippen LogP contribution in [0.5, 0.6) is 0 Å². The number of terminal acetylenes is 1. The fourth-order valence-electron chi connectivity index (χ4n) is 0.930. The lowest BCUT2D eigenvalue weighted by Gasteiger charge is -2.25. The maximum atomic E-state index is 11.0. The van der Waals surface area contributed by atoms with Crippen LogP contribution in [0.25, 0.3) is 0 Å². The highest BCUT2D eigenvalue weighted by atomic mass is 16.5. The van der Waals surface area contributed by atoms with Crippen LogP contribution < -0.4 is 0 Å². The minimum Gasteiger partial charge on any atom is -0.372 e. The first kappa shape index (κ1) is 10.2. The Morgan fingerprint density at radius 2 is 2.00 bits per heavy atom. The van der Waals surface area contributed by atoms with E-state index in [1.165, 1.54) is 7.11 Å². The van der Waals surface area contributed by atoms with Crippen molar-refractivity contribution >= 4 is 5.78 Å². The Morgan fingerprint density at radius 3 is 2.09 bits per heavy atom. The minimum absolute atomic E-state index is 0.224. The Hall–Kier alpha value is -0.810. The van der Waals surface area contributed by atoms with Crippen molar-refractivity contribution in [1.29, 1.82) is 0 Å². The van der Waals surface area contributed by atoms with Crippen molar-refractivity contribution < 1.29 is 9.53 Å². The van der Waals surface area contributed by atoms with E-state index in [0.717, 1.165) is 0 Å². The molecule has 0 aliphatic carbocycles. The highest BCUT2D eigenvalue weighted by Gasteiger charge is 2.29. The average Bonchev–Trinajstić information content (AvgIpc) is 1.86. The lowest BCUT2D eigenvalue weighted by Crippen LogP contribution is -2.35. The van der Waals surface area contributed by atoms with Crippen LogP contribution in [0.4, 0.5) is 0 Å². The summed E-state index contributed by atoms with van der Waals surface area (Å²) in [5.74, 6) is 1.77. The summed E-state index contributed by atoms with van der Waals surface area (Å²) in [4.78, 5) is 11.0. The Balaban J connectivity index is 4.45. The summed E-state index contributed by atoms with van der Waals surface area (Å²) in [6.45, 7) is 5.74. The van der Waals surface area contributed by atoms with Crippen molar-refractivity contribution in [2.24, 2.45) is 5.41 Å². The third-order valence-electron chi connectivity index (χ3n) is 1.40. The first-order valence-corrected chi connectivity index (χ1v) is 3.46. The van der Waals surface area contributed by atoms with Gasteiger partial charge in [-0.25, -0.2) is 0 Å². The zero-order valence-electron chi connectivity index (χ0n) is 7.47. The van der Waals surface area contributed by atoms with E-state index < -0.39 is 6.10 Å². The van der Waals surface area contributed by atoms with E-state index in [9.17, 15) is 4.79 Å². The van der Waals surface area contributed by atoms with Gasteiger partial charge >= 0.3 is 0 Å². The quantitative estimate of drug-likeness (QED) is 0.442. The molecule has 0 fully saturated rings. The highest BCUT2D eigenvalue weighted by Crippen LogP contribution is 2.21. The first-order chi connectivity index (χ1) is 4.93. The van der Waals surface area contributed by atoms with E-state index in [2.05, 4.69) is 5.92 Å². The van der Waals surface area contributed by atoms with Gasteiger partial charge in [-0.3, -0.25) is 4.79 Å². The van der Waals surface area contributed by atoms with Gasteiger partial charge in [0.2, 0.25) is 5.78 Å². The predicted octanol–water partition coefficient (Wildman–Crippen LogP) is 1.25. The van der Waals surface area contributed by atoms with Gasteiger partial charge in [-0.1, -0.05) is 20.8 Å². The standard InChI is InChI=1S/C9H14O2/c1-6-7(10)8(11-5)9(2,3)4/h1,8H,2-5H3. The zero-order chi connectivity index (χ0) is 9.07. The average molecular weight is 154 g/mol. The normalized spacial score (nSPS) is 13.7. The molecule has 0 aliphatic rings. The number of rotatable bonds is 2. The zero-order valence-corrected chi connectivity index (χ0v) is 7.47. The smallest absolute Gasteiger partial charge is 0.234 e. The second-order valence-corrected chi connectivity index (χ2v) is 3.49. The number of methoxy groups -OCH3 is 1. The largest absolute Gasteiger partial charge is 0.372 e. The molecule has 0 saturated carbocycles. The lowest BCUT2D eigenvalue weighted by molar-refractivity contribution is -0.128. The molecule has 62 valence electrons. The molecule has 2 nitrogen and oxygen atoms in total. The van der Waals surface area contributed by atoms with E-state index in [0.29, 0.717) is 0 Å². The summed E-state index contributed by atoms with van der Waals surface area (Å²) in [5, 5.41) is 0. The van der Waals surface area contributed by atoms with Gasteiger partial charge in [0.1, 0.15) is 6.10 Å². The molecule has 0 aromatic heterocycles. The summed E-state index contributed by atoms with van der Waals surface area (Å²) in [6.07, 6.45) is 4.47. The summed E-state index contributed by atoms with van der Waals surface area (Å²) in [5.41, 5.74) is -0.224. The number of carbonyl (C=O) groups excluding carboxylic acids is 1. The number of Topliss-reactive ketones (excluding diaryl/α,β-unsaturated/α-hetero) is 1. The molecular formula is C9H14O2. The molecule has 0 rings (SSSR count). The van der Waals surface area contributed by atoms with Crippen LogP contribution >= 0.6 is 0 Å². The molecule has 0 radical (unpaired) electrons. The van der Waals surface area contributed by atoms with Crippen molar-refractivity contribution in [3.8, 4) is 12.3 Å². The molecule has 1 atom stereocenters. The van der Waals surface area contributed by atoms with Crippen molar-refractivity contribution in [3.05, 3.63) is 0 Å². The third-order valence-corrected chi connectivity index (χ3v) is 1.40. The third kappa shape index (κ3) is 2.73. The van der Waals surface area contributed by atoms with Crippen molar-refractivity contribution in [2.75, 3.05) is 7.11 Å². The van der Waals surface area contributed by atoms with Crippen LogP contribution in [0.1, 0.15) is 20.8 Å². The summed E-state index contributed by atoms with van der Waals surface area (Å²) in [6, 6.07) is 0. The molecule has 2 heteroatoms. The molecule has 0 bridgehead atoms. The topological polar surface area (TPSA) is 26.3 Å². The predicted molar refractivity (Wildman–Crippen MR) is 44.1 cm³/mol. The van der Waals surface area contributed by atoms with E-state index in [1.54, 1.807) is 0 Å². The van der Waals surface area contributed by atoms with Crippen molar-refractivity contribution in [3.63, 3.8) is 0 Å². The summed E-state index contributed by atoms with van der Waals surface area (Å²) in [7, 11) is 1.49. The van der Waals surface area contributed by atoms with Crippen LogP contribution in [0.3, 0.4) is 0 Å². The minimum atomic E-state index is -0.493. The van der Waals surface area contributed by atoms with Crippen LogP contribution in [0, 0.1) is 17.8 Å². The van der Waals surface area contributed by atoms with Gasteiger partial charge in [-0.15, -0.1) is 6.42 Å². The molecule has 0 saturated heterocycles. The number of carbonyl (C=O) groups is 1. The van der Waals surface area contributed by atoms with Crippen LogP contribution in [0.15, 0.2) is 0 Å². The SMILES string of the molecule is C#CC(=O)C(OC)C(C)(C)C. The van der Waals surface area contributed by atoms with E-state index in [4.69, 9.17) is 11.2 Å². The van der Waals surface area contributed by atoms with Gasteiger partial charge in [0.05, 0.1) is 0 Å². The van der Waals surface area contributed by atoms with Gasteiger partial charge in [-0.05, 0) is 11.3 Å². The van der Waals surface area contributed by atoms with Crippen LogP contribution in [0.2, 0.25) is 0 Å². The Kier molecular flexibility index (Phi) is 3.28. The molecule has 0 aliphatic heterocycles. The maximum Gasteiger partial charge on any atom is 0.234 e. The van der Waals surface area contributed by atoms with Crippen molar-refractivity contribution in [2.45, 2.75) is 26.9 Å². The molecule has 11 heavy (non-hydrogen) atoms. The molecule has 0 aromatic carbocycles. The van der Waals surface area contributed by atoms with E-state index in [1.807, 2.05) is 20.8 Å². The monoisotopic (exact) mass is 154 g/mol. The van der Waals surface area contributed by atoms with Gasteiger partial charge in [0.25, 0.3) is 0 Å². The second-order valence-electron chi connectivity index (χ2n) is 3.49. The summed E-state index contributed by atoms with van der Waals surface area (Å²) >= 11 is 0. The van der Waals surface area contributed by atoms with Gasteiger partial charge in [-0.2, -0.15) is 0 Å². The van der Waals surface area contributed by atoms with Crippen LogP contribution in [-0.4, -0.2) is 19.0 Å². The fourth-order valence-corrected chi connectivity index (χ4v) is 0.930. The lowest BCUT2D eigenvalue weighted by atomic mass is 9.86. The molecule has 1 unspecified atom stereocenters. The molecule has 0 spiro atoms. The number of ketones is 1. The molecule has 0 amide bonds. The maximum absolute atomic E-state index is 11.0. The van der Waals surface area contributed by atoms with Gasteiger partial charge in [0, 0.05) is 7.11 Å². The van der Waals surface area contributed by atoms with Gasteiger partial charge < -0.3 is 4.74 Å². The van der Waals surface area contributed by atoms with Crippen molar-refractivity contribution in [1.82, 2.24) is 0 Å². The van der Waals surface area contributed by atoms with E-state index in [-0.39, 0.29) is 11.2 Å². The van der Waals surface area contributed by atoms with Gasteiger partial charge in [0.15, 0.2) is 0 Å². The Morgan fingerprint density at radius 1 is 1.55 bits per heavy atom. The molecule has 0 heterocycles. The molecule has 0 aromatic rings. The Labute approximate surface area is 67.9 Å². The summed E-state index contributed by atoms with van der Waals surface area (Å²) < 4.78 is 4.98.